The van der Waals surface area contributed by atoms with Crippen molar-refractivity contribution in [2.45, 2.75) is 13.8 Å². The van der Waals surface area contributed by atoms with Crippen molar-refractivity contribution in [1.29, 1.82) is 0 Å². The summed E-state index contributed by atoms with van der Waals surface area (Å²) in [6.45, 7) is 3.90. The lowest BCUT2D eigenvalue weighted by Crippen LogP contribution is -1.94. The van der Waals surface area contributed by atoms with Crippen molar-refractivity contribution < 1.29 is 4.74 Å². The van der Waals surface area contributed by atoms with Crippen LogP contribution in [0.3, 0.4) is 0 Å². The predicted octanol–water partition coefficient (Wildman–Crippen LogP) is 4.30. The van der Waals surface area contributed by atoms with Crippen LogP contribution in [-0.2, 0) is 0 Å². The summed E-state index contributed by atoms with van der Waals surface area (Å²) in [6.07, 6.45) is 1.44. The molecule has 1 aromatic heterocycles. The smallest absolute Gasteiger partial charge is 0.223 e. The minimum Gasteiger partial charge on any atom is -0.438 e. The topological polar surface area (TPSA) is 35.0 Å². The molecule has 88 valence electrons. The van der Waals surface area contributed by atoms with Gasteiger partial charge in [0.15, 0.2) is 0 Å². The van der Waals surface area contributed by atoms with Crippen molar-refractivity contribution in [1.82, 2.24) is 9.97 Å². The molecular formula is C12H10BrClN2O. The Morgan fingerprint density at radius 1 is 1.12 bits per heavy atom. The van der Waals surface area contributed by atoms with Gasteiger partial charge in [0, 0.05) is 11.1 Å². The molecule has 0 bridgehead atoms. The number of benzene rings is 1. The molecule has 0 aliphatic heterocycles. The van der Waals surface area contributed by atoms with Crippen molar-refractivity contribution >= 4 is 27.5 Å². The van der Waals surface area contributed by atoms with Gasteiger partial charge in [-0.3, -0.25) is 0 Å². The van der Waals surface area contributed by atoms with Gasteiger partial charge in [0.25, 0.3) is 0 Å². The van der Waals surface area contributed by atoms with Crippen LogP contribution in [0.2, 0.25) is 5.02 Å². The molecular weight excluding hydrogens is 304 g/mol. The van der Waals surface area contributed by atoms with E-state index in [1.54, 1.807) is 6.07 Å². The molecule has 2 aromatic rings. The van der Waals surface area contributed by atoms with Crippen LogP contribution in [-0.4, -0.2) is 9.97 Å². The van der Waals surface area contributed by atoms with E-state index in [1.807, 2.05) is 26.0 Å². The minimum absolute atomic E-state index is 0.500. The van der Waals surface area contributed by atoms with Crippen LogP contribution in [0.15, 0.2) is 29.1 Å². The average Bonchev–Trinajstić information content (AvgIpc) is 2.23. The van der Waals surface area contributed by atoms with E-state index in [1.165, 1.54) is 6.33 Å². The van der Waals surface area contributed by atoms with Crippen LogP contribution >= 0.6 is 27.5 Å². The first-order valence-electron chi connectivity index (χ1n) is 4.98. The van der Waals surface area contributed by atoms with Gasteiger partial charge in [0.2, 0.25) is 5.88 Å². The average molecular weight is 314 g/mol. The Morgan fingerprint density at radius 3 is 2.35 bits per heavy atom. The second-order valence-corrected chi connectivity index (χ2v) is 4.90. The molecule has 0 unspecified atom stereocenters. The first kappa shape index (κ1) is 12.3. The van der Waals surface area contributed by atoms with Gasteiger partial charge in [0.1, 0.15) is 16.7 Å². The van der Waals surface area contributed by atoms with Crippen molar-refractivity contribution in [3.05, 3.63) is 45.3 Å². The molecule has 0 aliphatic rings. The third-order valence-corrected chi connectivity index (χ3v) is 2.89. The molecule has 5 heteroatoms. The SMILES string of the molecule is Cc1cc(Cl)cc(C)c1Oc1cc(Br)ncn1. The molecule has 0 N–H and O–H groups in total. The highest BCUT2D eigenvalue weighted by atomic mass is 79.9. The number of halogens is 2. The highest BCUT2D eigenvalue weighted by molar-refractivity contribution is 9.10. The highest BCUT2D eigenvalue weighted by Crippen LogP contribution is 2.30. The molecule has 0 radical (unpaired) electrons. The summed E-state index contributed by atoms with van der Waals surface area (Å²) in [5, 5.41) is 0.705. The van der Waals surface area contributed by atoms with Crippen LogP contribution in [0.5, 0.6) is 11.6 Å². The molecule has 0 saturated carbocycles. The van der Waals surface area contributed by atoms with Crippen molar-refractivity contribution in [2.24, 2.45) is 0 Å². The summed E-state index contributed by atoms with van der Waals surface area (Å²) >= 11 is 9.23. The summed E-state index contributed by atoms with van der Waals surface area (Å²) in [5.74, 6) is 1.28. The quantitative estimate of drug-likeness (QED) is 0.775. The molecule has 0 saturated heterocycles. The fourth-order valence-electron chi connectivity index (χ4n) is 1.54. The Hall–Kier alpha value is -1.13. The van der Waals surface area contributed by atoms with Gasteiger partial charge in [-0.1, -0.05) is 11.6 Å². The first-order chi connectivity index (χ1) is 8.06. The standard InChI is InChI=1S/C12H10BrClN2O/c1-7-3-9(14)4-8(2)12(7)17-11-5-10(13)15-6-16-11/h3-6H,1-2H3. The van der Waals surface area contributed by atoms with E-state index >= 15 is 0 Å². The summed E-state index contributed by atoms with van der Waals surface area (Å²) in [7, 11) is 0. The monoisotopic (exact) mass is 312 g/mol. The van der Waals surface area contributed by atoms with E-state index in [0.29, 0.717) is 15.5 Å². The molecule has 0 spiro atoms. The molecule has 3 nitrogen and oxygen atoms in total. The Morgan fingerprint density at radius 2 is 1.76 bits per heavy atom. The molecule has 1 aromatic carbocycles. The van der Waals surface area contributed by atoms with Crippen LogP contribution in [0.25, 0.3) is 0 Å². The fourth-order valence-corrected chi connectivity index (χ4v) is 2.15. The summed E-state index contributed by atoms with van der Waals surface area (Å²) in [4.78, 5) is 7.99. The van der Waals surface area contributed by atoms with E-state index in [0.717, 1.165) is 16.9 Å². The lowest BCUT2D eigenvalue weighted by molar-refractivity contribution is 0.454. The highest BCUT2D eigenvalue weighted by Gasteiger charge is 2.08. The minimum atomic E-state index is 0.500. The number of rotatable bonds is 2. The third-order valence-electron chi connectivity index (χ3n) is 2.24. The van der Waals surface area contributed by atoms with E-state index in [2.05, 4.69) is 25.9 Å². The van der Waals surface area contributed by atoms with Crippen LogP contribution in [0, 0.1) is 13.8 Å². The maximum absolute atomic E-state index is 5.96. The second-order valence-electron chi connectivity index (χ2n) is 3.65. The van der Waals surface area contributed by atoms with Gasteiger partial charge >= 0.3 is 0 Å². The lowest BCUT2D eigenvalue weighted by atomic mass is 10.1. The van der Waals surface area contributed by atoms with Gasteiger partial charge < -0.3 is 4.74 Å². The number of nitrogens with zero attached hydrogens (tertiary/aromatic N) is 2. The Labute approximate surface area is 113 Å². The van der Waals surface area contributed by atoms with Crippen molar-refractivity contribution in [2.75, 3.05) is 0 Å². The second kappa shape index (κ2) is 5.02. The summed E-state index contributed by atoms with van der Waals surface area (Å²) in [6, 6.07) is 5.44. The Bertz CT molecular complexity index is 537. The molecule has 0 aliphatic carbocycles. The van der Waals surface area contributed by atoms with Gasteiger partial charge in [-0.2, -0.15) is 0 Å². The normalized spacial score (nSPS) is 10.4. The zero-order chi connectivity index (χ0) is 12.4. The van der Waals surface area contributed by atoms with E-state index in [9.17, 15) is 0 Å². The fraction of sp³-hybridized carbons (Fsp3) is 0.167. The van der Waals surface area contributed by atoms with Gasteiger partial charge in [-0.25, -0.2) is 9.97 Å². The Balaban J connectivity index is 2.36. The number of hydrogen-bond acceptors (Lipinski definition) is 3. The molecule has 0 amide bonds. The van der Waals surface area contributed by atoms with Gasteiger partial charge in [0.05, 0.1) is 0 Å². The van der Waals surface area contributed by atoms with Gasteiger partial charge in [-0.15, -0.1) is 0 Å². The van der Waals surface area contributed by atoms with Gasteiger partial charge in [-0.05, 0) is 53.0 Å². The van der Waals surface area contributed by atoms with Crippen LogP contribution in [0.1, 0.15) is 11.1 Å². The number of aryl methyl sites for hydroxylation is 2. The predicted molar refractivity (Wildman–Crippen MR) is 70.7 cm³/mol. The molecule has 0 fully saturated rings. The molecule has 1 heterocycles. The number of aromatic nitrogens is 2. The Kier molecular flexibility index (Phi) is 3.64. The van der Waals surface area contributed by atoms with Crippen LogP contribution < -0.4 is 4.74 Å². The molecule has 2 rings (SSSR count). The maximum atomic E-state index is 5.96. The number of hydrogen-bond donors (Lipinski definition) is 0. The van der Waals surface area contributed by atoms with Crippen molar-refractivity contribution in [3.63, 3.8) is 0 Å². The zero-order valence-electron chi connectivity index (χ0n) is 9.37. The van der Waals surface area contributed by atoms with E-state index < -0.39 is 0 Å². The van der Waals surface area contributed by atoms with E-state index in [-0.39, 0.29) is 0 Å². The van der Waals surface area contributed by atoms with Crippen LogP contribution in [0.4, 0.5) is 0 Å². The van der Waals surface area contributed by atoms with Crippen molar-refractivity contribution in [3.8, 4) is 11.6 Å². The first-order valence-corrected chi connectivity index (χ1v) is 6.15. The maximum Gasteiger partial charge on any atom is 0.223 e. The largest absolute Gasteiger partial charge is 0.438 e. The lowest BCUT2D eigenvalue weighted by Gasteiger charge is -2.11. The molecule has 17 heavy (non-hydrogen) atoms. The zero-order valence-corrected chi connectivity index (χ0v) is 11.7. The molecule has 0 atom stereocenters. The summed E-state index contributed by atoms with van der Waals surface area (Å²) < 4.78 is 6.42. The number of ether oxygens (including phenoxy) is 1. The summed E-state index contributed by atoms with van der Waals surface area (Å²) in [5.41, 5.74) is 1.95. The third kappa shape index (κ3) is 2.96. The van der Waals surface area contributed by atoms with E-state index in [4.69, 9.17) is 16.3 Å².